The topological polar surface area (TPSA) is 55.4 Å². The standard InChI is InChI=1S/C12H25NO3S/c1-11(2)17(14,15)10-8-13-7-9-16-12-5-3-4-6-12/h11-13H,3-10H2,1-2H3. The summed E-state index contributed by atoms with van der Waals surface area (Å²) in [7, 11) is -2.90. The summed E-state index contributed by atoms with van der Waals surface area (Å²) in [6.07, 6.45) is 5.37. The maximum atomic E-state index is 11.5. The molecule has 1 fully saturated rings. The number of sulfone groups is 1. The molecule has 1 N–H and O–H groups in total. The second-order valence-corrected chi connectivity index (χ2v) is 7.62. The number of nitrogens with one attached hydrogen (secondary N) is 1. The molecule has 5 heteroatoms. The van der Waals surface area contributed by atoms with Crippen LogP contribution in [0.1, 0.15) is 39.5 Å². The predicted octanol–water partition coefficient (Wildman–Crippen LogP) is 1.36. The van der Waals surface area contributed by atoms with Gasteiger partial charge in [0.25, 0.3) is 0 Å². The lowest BCUT2D eigenvalue weighted by Crippen LogP contribution is -2.30. The molecule has 0 aromatic carbocycles. The van der Waals surface area contributed by atoms with Crippen molar-refractivity contribution < 1.29 is 13.2 Å². The van der Waals surface area contributed by atoms with E-state index in [0.717, 1.165) is 6.54 Å². The Hall–Kier alpha value is -0.130. The third-order valence-corrected chi connectivity index (χ3v) is 5.43. The normalized spacial score (nSPS) is 18.1. The molecule has 1 aliphatic rings. The largest absolute Gasteiger partial charge is 0.377 e. The van der Waals surface area contributed by atoms with E-state index in [1.807, 2.05) is 0 Å². The van der Waals surface area contributed by atoms with Crippen molar-refractivity contribution in [1.82, 2.24) is 5.32 Å². The molecule has 0 spiro atoms. The van der Waals surface area contributed by atoms with Crippen molar-refractivity contribution in [2.45, 2.75) is 50.9 Å². The van der Waals surface area contributed by atoms with Crippen LogP contribution in [0.3, 0.4) is 0 Å². The van der Waals surface area contributed by atoms with Gasteiger partial charge in [-0.05, 0) is 26.7 Å². The molecule has 0 bridgehead atoms. The maximum absolute atomic E-state index is 11.5. The molecule has 1 aliphatic carbocycles. The molecule has 0 aliphatic heterocycles. The molecular formula is C12H25NO3S. The molecule has 17 heavy (non-hydrogen) atoms. The van der Waals surface area contributed by atoms with E-state index in [1.165, 1.54) is 25.7 Å². The van der Waals surface area contributed by atoms with Crippen LogP contribution in [0.25, 0.3) is 0 Å². The van der Waals surface area contributed by atoms with E-state index in [1.54, 1.807) is 13.8 Å². The Labute approximate surface area is 105 Å². The van der Waals surface area contributed by atoms with Crippen molar-refractivity contribution in [3.63, 3.8) is 0 Å². The van der Waals surface area contributed by atoms with Gasteiger partial charge in [0.1, 0.15) is 0 Å². The first-order valence-electron chi connectivity index (χ1n) is 6.56. The summed E-state index contributed by atoms with van der Waals surface area (Å²) in [5, 5.41) is 2.84. The van der Waals surface area contributed by atoms with E-state index in [0.29, 0.717) is 19.3 Å². The van der Waals surface area contributed by atoms with E-state index >= 15 is 0 Å². The molecule has 0 saturated heterocycles. The first kappa shape index (κ1) is 14.9. The lowest BCUT2D eigenvalue weighted by atomic mass is 10.3. The SMILES string of the molecule is CC(C)S(=O)(=O)CCNCCOC1CCCC1. The minimum atomic E-state index is -2.90. The van der Waals surface area contributed by atoms with Crippen LogP contribution in [0.5, 0.6) is 0 Å². The first-order chi connectivity index (χ1) is 8.02. The van der Waals surface area contributed by atoms with Crippen LogP contribution in [0.4, 0.5) is 0 Å². The molecule has 1 rings (SSSR count). The van der Waals surface area contributed by atoms with Gasteiger partial charge in [0, 0.05) is 13.1 Å². The van der Waals surface area contributed by atoms with Crippen molar-refractivity contribution in [3.05, 3.63) is 0 Å². The molecule has 0 aromatic heterocycles. The quantitative estimate of drug-likeness (QED) is 0.672. The van der Waals surface area contributed by atoms with E-state index in [2.05, 4.69) is 5.32 Å². The van der Waals surface area contributed by atoms with Crippen LogP contribution < -0.4 is 5.32 Å². The fourth-order valence-corrected chi connectivity index (χ4v) is 2.83. The number of ether oxygens (including phenoxy) is 1. The molecule has 4 nitrogen and oxygen atoms in total. The zero-order valence-electron chi connectivity index (χ0n) is 10.9. The van der Waals surface area contributed by atoms with Gasteiger partial charge in [-0.2, -0.15) is 0 Å². The minimum Gasteiger partial charge on any atom is -0.377 e. The number of hydrogen-bond acceptors (Lipinski definition) is 4. The second kappa shape index (κ2) is 7.34. The van der Waals surface area contributed by atoms with Crippen LogP contribution in [-0.4, -0.2) is 45.2 Å². The summed E-state index contributed by atoms with van der Waals surface area (Å²) in [5.41, 5.74) is 0. The summed E-state index contributed by atoms with van der Waals surface area (Å²) in [5.74, 6) is 0.216. The lowest BCUT2D eigenvalue weighted by molar-refractivity contribution is 0.0606. The van der Waals surface area contributed by atoms with Crippen LogP contribution in [0.2, 0.25) is 0 Å². The highest BCUT2D eigenvalue weighted by Crippen LogP contribution is 2.20. The summed E-state index contributed by atoms with van der Waals surface area (Å²) in [6.45, 7) is 5.39. The highest BCUT2D eigenvalue weighted by atomic mass is 32.2. The molecule has 0 heterocycles. The van der Waals surface area contributed by atoms with Crippen molar-refractivity contribution in [2.75, 3.05) is 25.4 Å². The molecule has 0 atom stereocenters. The summed E-state index contributed by atoms with van der Waals surface area (Å²) >= 11 is 0. The smallest absolute Gasteiger partial charge is 0.153 e. The summed E-state index contributed by atoms with van der Waals surface area (Å²) in [4.78, 5) is 0. The minimum absolute atomic E-state index is 0.216. The van der Waals surface area contributed by atoms with Gasteiger partial charge >= 0.3 is 0 Å². The second-order valence-electron chi connectivity index (χ2n) is 4.94. The fourth-order valence-electron chi connectivity index (χ4n) is 1.93. The number of hydrogen-bond donors (Lipinski definition) is 1. The van der Waals surface area contributed by atoms with Crippen molar-refractivity contribution in [1.29, 1.82) is 0 Å². The van der Waals surface area contributed by atoms with Gasteiger partial charge in [0.05, 0.1) is 23.7 Å². The molecule has 102 valence electrons. The molecule has 0 aromatic rings. The van der Waals surface area contributed by atoms with Crippen LogP contribution in [0, 0.1) is 0 Å². The maximum Gasteiger partial charge on any atom is 0.153 e. The van der Waals surface area contributed by atoms with Crippen molar-refractivity contribution >= 4 is 9.84 Å². The Kier molecular flexibility index (Phi) is 6.44. The fraction of sp³-hybridized carbons (Fsp3) is 1.00. The van der Waals surface area contributed by atoms with Gasteiger partial charge in [-0.15, -0.1) is 0 Å². The van der Waals surface area contributed by atoms with E-state index in [4.69, 9.17) is 4.74 Å². The Morgan fingerprint density at radius 3 is 2.47 bits per heavy atom. The van der Waals surface area contributed by atoms with Crippen LogP contribution in [0.15, 0.2) is 0 Å². The predicted molar refractivity (Wildman–Crippen MR) is 70.0 cm³/mol. The third-order valence-electron chi connectivity index (χ3n) is 3.22. The van der Waals surface area contributed by atoms with E-state index < -0.39 is 9.84 Å². The highest BCUT2D eigenvalue weighted by Gasteiger charge is 2.16. The van der Waals surface area contributed by atoms with Gasteiger partial charge in [0.2, 0.25) is 0 Å². The Balaban J connectivity index is 1.97. The monoisotopic (exact) mass is 263 g/mol. The first-order valence-corrected chi connectivity index (χ1v) is 8.28. The van der Waals surface area contributed by atoms with Gasteiger partial charge in [0.15, 0.2) is 9.84 Å². The van der Waals surface area contributed by atoms with Crippen molar-refractivity contribution in [3.8, 4) is 0 Å². The molecule has 0 amide bonds. The van der Waals surface area contributed by atoms with Crippen LogP contribution in [-0.2, 0) is 14.6 Å². The van der Waals surface area contributed by atoms with Crippen molar-refractivity contribution in [2.24, 2.45) is 0 Å². The van der Waals surface area contributed by atoms with Crippen LogP contribution >= 0.6 is 0 Å². The van der Waals surface area contributed by atoms with Gasteiger partial charge < -0.3 is 10.1 Å². The Bertz CT molecular complexity index is 295. The molecule has 0 radical (unpaired) electrons. The average molecular weight is 263 g/mol. The third kappa shape index (κ3) is 5.84. The number of rotatable bonds is 8. The zero-order chi connectivity index (χ0) is 12.7. The Morgan fingerprint density at radius 1 is 1.24 bits per heavy atom. The van der Waals surface area contributed by atoms with E-state index in [-0.39, 0.29) is 11.0 Å². The summed E-state index contributed by atoms with van der Waals surface area (Å²) < 4.78 is 28.7. The Morgan fingerprint density at radius 2 is 1.88 bits per heavy atom. The summed E-state index contributed by atoms with van der Waals surface area (Å²) in [6, 6.07) is 0. The van der Waals surface area contributed by atoms with Gasteiger partial charge in [-0.25, -0.2) is 8.42 Å². The lowest BCUT2D eigenvalue weighted by Gasteiger charge is -2.12. The average Bonchev–Trinajstić information content (AvgIpc) is 2.75. The van der Waals surface area contributed by atoms with E-state index in [9.17, 15) is 8.42 Å². The highest BCUT2D eigenvalue weighted by molar-refractivity contribution is 7.92. The molecule has 0 unspecified atom stereocenters. The zero-order valence-corrected chi connectivity index (χ0v) is 11.8. The molecule has 1 saturated carbocycles. The molecular weight excluding hydrogens is 238 g/mol. The van der Waals surface area contributed by atoms with Gasteiger partial charge in [-0.1, -0.05) is 12.8 Å². The van der Waals surface area contributed by atoms with Gasteiger partial charge in [-0.3, -0.25) is 0 Å².